The van der Waals surface area contributed by atoms with Gasteiger partial charge in [-0.25, -0.2) is 0 Å². The van der Waals surface area contributed by atoms with Crippen LogP contribution in [0.1, 0.15) is 44.9 Å². The maximum Gasteiger partial charge on any atom is 0.224 e. The fourth-order valence-corrected chi connectivity index (χ4v) is 2.84. The van der Waals surface area contributed by atoms with Crippen LogP contribution in [0.25, 0.3) is 0 Å². The number of ether oxygens (including phenoxy) is 1. The molecule has 3 atom stereocenters. The van der Waals surface area contributed by atoms with Crippen molar-refractivity contribution in [3.05, 3.63) is 0 Å². The highest BCUT2D eigenvalue weighted by atomic mass is 16.5. The van der Waals surface area contributed by atoms with Crippen molar-refractivity contribution < 1.29 is 9.53 Å². The second kappa shape index (κ2) is 6.36. The van der Waals surface area contributed by atoms with Crippen molar-refractivity contribution in [1.82, 2.24) is 5.32 Å². The Balaban J connectivity index is 1.65. The van der Waals surface area contributed by atoms with E-state index in [9.17, 15) is 4.79 Å². The van der Waals surface area contributed by atoms with Crippen molar-refractivity contribution in [3.63, 3.8) is 0 Å². The Morgan fingerprint density at radius 1 is 1.24 bits per heavy atom. The van der Waals surface area contributed by atoms with Crippen molar-refractivity contribution in [2.75, 3.05) is 13.2 Å². The van der Waals surface area contributed by atoms with Gasteiger partial charge in [0.05, 0.1) is 12.0 Å². The molecule has 2 rings (SSSR count). The molecule has 3 N–H and O–H groups in total. The normalized spacial score (nSPS) is 33.6. The molecule has 0 aromatic rings. The topological polar surface area (TPSA) is 64.4 Å². The van der Waals surface area contributed by atoms with Gasteiger partial charge in [0.15, 0.2) is 0 Å². The van der Waals surface area contributed by atoms with Crippen molar-refractivity contribution in [3.8, 4) is 0 Å². The second-order valence-electron chi connectivity index (χ2n) is 5.27. The van der Waals surface area contributed by atoms with E-state index in [4.69, 9.17) is 10.5 Å². The quantitative estimate of drug-likeness (QED) is 0.776. The number of hydrogen-bond acceptors (Lipinski definition) is 3. The van der Waals surface area contributed by atoms with Crippen molar-refractivity contribution >= 4 is 5.91 Å². The summed E-state index contributed by atoms with van der Waals surface area (Å²) in [5, 5.41) is 3.01. The van der Waals surface area contributed by atoms with Gasteiger partial charge in [-0.2, -0.15) is 0 Å². The van der Waals surface area contributed by atoms with Crippen LogP contribution in [0.15, 0.2) is 0 Å². The molecule has 1 heterocycles. The Hall–Kier alpha value is -0.610. The summed E-state index contributed by atoms with van der Waals surface area (Å²) in [7, 11) is 0. The number of rotatable bonds is 4. The predicted octanol–water partition coefficient (Wildman–Crippen LogP) is 1.19. The van der Waals surface area contributed by atoms with Gasteiger partial charge >= 0.3 is 0 Å². The number of amides is 1. The molecule has 4 heteroatoms. The maximum absolute atomic E-state index is 12.0. The Kier molecular flexibility index (Phi) is 4.80. The number of carbonyl (C=O) groups is 1. The Morgan fingerprint density at radius 3 is 2.76 bits per heavy atom. The zero-order valence-corrected chi connectivity index (χ0v) is 10.5. The summed E-state index contributed by atoms with van der Waals surface area (Å²) < 4.78 is 5.53. The number of hydrogen-bond donors (Lipinski definition) is 2. The largest absolute Gasteiger partial charge is 0.378 e. The molecule has 1 amide bonds. The summed E-state index contributed by atoms with van der Waals surface area (Å²) >= 11 is 0. The third-order valence-corrected chi connectivity index (χ3v) is 3.95. The van der Waals surface area contributed by atoms with Gasteiger partial charge in [-0.3, -0.25) is 4.79 Å². The SMILES string of the molecule is NC1CCCCC1C(=O)NCCC1CCCO1. The van der Waals surface area contributed by atoms with Crippen LogP contribution < -0.4 is 11.1 Å². The van der Waals surface area contributed by atoms with Crippen LogP contribution in [0.3, 0.4) is 0 Å². The van der Waals surface area contributed by atoms with Gasteiger partial charge in [-0.05, 0) is 32.1 Å². The molecule has 1 saturated heterocycles. The Morgan fingerprint density at radius 2 is 2.06 bits per heavy atom. The fourth-order valence-electron chi connectivity index (χ4n) is 2.84. The number of carbonyl (C=O) groups excluding carboxylic acids is 1. The summed E-state index contributed by atoms with van der Waals surface area (Å²) in [5.41, 5.74) is 5.99. The molecule has 4 nitrogen and oxygen atoms in total. The van der Waals surface area contributed by atoms with E-state index >= 15 is 0 Å². The van der Waals surface area contributed by atoms with Crippen LogP contribution in [0, 0.1) is 5.92 Å². The average molecular weight is 240 g/mol. The molecule has 0 spiro atoms. The van der Waals surface area contributed by atoms with Crippen molar-refractivity contribution in [2.24, 2.45) is 11.7 Å². The van der Waals surface area contributed by atoms with E-state index in [1.807, 2.05) is 0 Å². The molecule has 1 aliphatic heterocycles. The maximum atomic E-state index is 12.0. The van der Waals surface area contributed by atoms with Gasteiger partial charge in [0, 0.05) is 19.2 Å². The highest BCUT2D eigenvalue weighted by molar-refractivity contribution is 5.79. The Bertz CT molecular complexity index is 252. The molecule has 0 aromatic carbocycles. The average Bonchev–Trinajstić information content (AvgIpc) is 2.82. The smallest absolute Gasteiger partial charge is 0.224 e. The lowest BCUT2D eigenvalue weighted by Crippen LogP contribution is -2.44. The lowest BCUT2D eigenvalue weighted by atomic mass is 9.84. The molecule has 3 unspecified atom stereocenters. The standard InChI is InChI=1S/C13H24N2O2/c14-12-6-2-1-5-11(12)13(16)15-8-7-10-4-3-9-17-10/h10-12H,1-9,14H2,(H,15,16). The molecule has 2 fully saturated rings. The zero-order valence-electron chi connectivity index (χ0n) is 10.5. The van der Waals surface area contributed by atoms with E-state index < -0.39 is 0 Å². The molecular formula is C13H24N2O2. The summed E-state index contributed by atoms with van der Waals surface area (Å²) in [6, 6.07) is 0.0616. The minimum absolute atomic E-state index is 0.0354. The van der Waals surface area contributed by atoms with E-state index in [2.05, 4.69) is 5.32 Å². The van der Waals surface area contributed by atoms with Gasteiger partial charge in [0.2, 0.25) is 5.91 Å². The van der Waals surface area contributed by atoms with Crippen molar-refractivity contribution in [1.29, 1.82) is 0 Å². The van der Waals surface area contributed by atoms with E-state index in [1.165, 1.54) is 6.42 Å². The van der Waals surface area contributed by atoms with Gasteiger partial charge in [0.25, 0.3) is 0 Å². The summed E-state index contributed by atoms with van der Waals surface area (Å²) in [5.74, 6) is 0.184. The van der Waals surface area contributed by atoms with E-state index in [0.717, 1.165) is 51.7 Å². The van der Waals surface area contributed by atoms with Crippen LogP contribution in [0.4, 0.5) is 0 Å². The third-order valence-electron chi connectivity index (χ3n) is 3.95. The number of nitrogens with one attached hydrogen (secondary N) is 1. The van der Waals surface area contributed by atoms with Crippen LogP contribution in [-0.2, 0) is 9.53 Å². The second-order valence-corrected chi connectivity index (χ2v) is 5.27. The van der Waals surface area contributed by atoms with Crippen molar-refractivity contribution in [2.45, 2.75) is 57.1 Å². The van der Waals surface area contributed by atoms with Crippen LogP contribution in [-0.4, -0.2) is 31.2 Å². The van der Waals surface area contributed by atoms with Crippen LogP contribution in [0.5, 0.6) is 0 Å². The summed E-state index contributed by atoms with van der Waals surface area (Å²) in [4.78, 5) is 12.0. The number of nitrogens with two attached hydrogens (primary N) is 1. The highest BCUT2D eigenvalue weighted by Gasteiger charge is 2.28. The molecule has 1 saturated carbocycles. The fraction of sp³-hybridized carbons (Fsp3) is 0.923. The minimum atomic E-state index is 0.0354. The molecule has 1 aliphatic carbocycles. The lowest BCUT2D eigenvalue weighted by Gasteiger charge is -2.27. The van der Waals surface area contributed by atoms with E-state index in [1.54, 1.807) is 0 Å². The van der Waals surface area contributed by atoms with Gasteiger partial charge < -0.3 is 15.8 Å². The molecule has 17 heavy (non-hydrogen) atoms. The Labute approximate surface area is 103 Å². The summed E-state index contributed by atoms with van der Waals surface area (Å²) in [6.45, 7) is 1.61. The van der Waals surface area contributed by atoms with Gasteiger partial charge in [0.1, 0.15) is 0 Å². The molecule has 98 valence electrons. The first-order chi connectivity index (χ1) is 8.27. The van der Waals surface area contributed by atoms with Crippen LogP contribution in [0.2, 0.25) is 0 Å². The van der Waals surface area contributed by atoms with Crippen LogP contribution >= 0.6 is 0 Å². The highest BCUT2D eigenvalue weighted by Crippen LogP contribution is 2.23. The molecule has 0 aromatic heterocycles. The lowest BCUT2D eigenvalue weighted by molar-refractivity contribution is -0.126. The molecular weight excluding hydrogens is 216 g/mol. The molecule has 0 bridgehead atoms. The first kappa shape index (κ1) is 12.8. The molecule has 0 radical (unpaired) electrons. The summed E-state index contributed by atoms with van der Waals surface area (Å²) in [6.07, 6.45) is 7.84. The first-order valence-electron chi connectivity index (χ1n) is 6.92. The molecule has 2 aliphatic rings. The van der Waals surface area contributed by atoms with E-state index in [-0.39, 0.29) is 17.9 Å². The zero-order chi connectivity index (χ0) is 12.1. The van der Waals surface area contributed by atoms with E-state index in [0.29, 0.717) is 6.10 Å². The van der Waals surface area contributed by atoms with Gasteiger partial charge in [-0.15, -0.1) is 0 Å². The monoisotopic (exact) mass is 240 g/mol. The first-order valence-corrected chi connectivity index (χ1v) is 6.92. The van der Waals surface area contributed by atoms with Gasteiger partial charge in [-0.1, -0.05) is 12.8 Å². The predicted molar refractivity (Wildman–Crippen MR) is 66.5 cm³/mol. The minimum Gasteiger partial charge on any atom is -0.378 e. The third kappa shape index (κ3) is 3.68.